The van der Waals surface area contributed by atoms with Gasteiger partial charge in [-0.2, -0.15) is 0 Å². The molecule has 0 bridgehead atoms. The number of benzene rings is 1. The zero-order valence-corrected chi connectivity index (χ0v) is 19.2. The number of ether oxygens (including phenoxy) is 1. The zero-order valence-electron chi connectivity index (χ0n) is 17.2. The van der Waals surface area contributed by atoms with E-state index < -0.39 is 28.1 Å². The van der Waals surface area contributed by atoms with Gasteiger partial charge in [0.25, 0.3) is 0 Å². The minimum Gasteiger partial charge on any atom is -0.544 e. The molecular weight excluding hydrogens is 346 g/mol. The van der Waals surface area contributed by atoms with E-state index in [4.69, 9.17) is 9.16 Å². The maximum Gasteiger partial charge on any atom is 0.412 e. The lowest BCUT2D eigenvalue weighted by atomic mass is 10.2. The molecule has 140 valence electrons. The predicted octanol–water partition coefficient (Wildman–Crippen LogP) is 5.40. The van der Waals surface area contributed by atoms with Crippen molar-refractivity contribution in [3.8, 4) is 0 Å². The van der Waals surface area contributed by atoms with E-state index in [1.165, 1.54) is 0 Å². The van der Waals surface area contributed by atoms with Gasteiger partial charge in [0.05, 0.1) is 8.07 Å². The van der Waals surface area contributed by atoms with E-state index in [0.717, 1.165) is 16.4 Å². The Kier molecular flexibility index (Phi) is 6.34. The lowest BCUT2D eigenvalue weighted by molar-refractivity contribution is 0.0636. The minimum atomic E-state index is -1.71. The molecule has 1 N–H and O–H groups in total. The molecule has 4 nitrogen and oxygen atoms in total. The summed E-state index contributed by atoms with van der Waals surface area (Å²) in [6.07, 6.45) is -0.433. The normalized spacial score (nSPS) is 12.5. The van der Waals surface area contributed by atoms with Crippen LogP contribution in [-0.2, 0) is 9.16 Å². The second-order valence-electron chi connectivity index (χ2n) is 9.27. The van der Waals surface area contributed by atoms with Crippen LogP contribution in [0.3, 0.4) is 0 Å². The number of rotatable bonds is 5. The van der Waals surface area contributed by atoms with Crippen molar-refractivity contribution >= 4 is 39.1 Å². The number of hydrogen-bond donors (Lipinski definition) is 1. The third-order valence-electron chi connectivity index (χ3n) is 3.21. The van der Waals surface area contributed by atoms with Crippen molar-refractivity contribution in [3.05, 3.63) is 30.3 Å². The Balaban J connectivity index is 3.16. The quantitative estimate of drug-likeness (QED) is 0.550. The Morgan fingerprint density at radius 3 is 2.08 bits per heavy atom. The van der Waals surface area contributed by atoms with Gasteiger partial charge in [0.2, 0.25) is 8.32 Å². The van der Waals surface area contributed by atoms with Crippen molar-refractivity contribution in [2.45, 2.75) is 65.7 Å². The summed E-state index contributed by atoms with van der Waals surface area (Å²) in [6, 6.07) is 5.96. The predicted molar refractivity (Wildman–Crippen MR) is 113 cm³/mol. The van der Waals surface area contributed by atoms with Crippen molar-refractivity contribution in [1.29, 1.82) is 0 Å². The summed E-state index contributed by atoms with van der Waals surface area (Å²) < 4.78 is 11.4. The fraction of sp³-hybridized carbons (Fsp3) is 0.526. The molecule has 25 heavy (non-hydrogen) atoms. The van der Waals surface area contributed by atoms with Crippen LogP contribution in [0.15, 0.2) is 24.8 Å². The monoisotopic (exact) mass is 379 g/mol. The van der Waals surface area contributed by atoms with Crippen LogP contribution >= 0.6 is 0 Å². The largest absolute Gasteiger partial charge is 0.544 e. The van der Waals surface area contributed by atoms with E-state index >= 15 is 0 Å². The molecule has 0 saturated carbocycles. The maximum absolute atomic E-state index is 12.2. The molecule has 1 aromatic rings. The van der Waals surface area contributed by atoms with Gasteiger partial charge < -0.3 is 9.16 Å². The molecule has 0 aliphatic heterocycles. The number of carbonyl (C=O) groups excluding carboxylic acids is 1. The summed E-state index contributed by atoms with van der Waals surface area (Å²) in [6.45, 7) is 22.8. The molecule has 0 heterocycles. The standard InChI is InChI=1S/C19H33NO3Si2/c1-14(23-25(8,9)10)15-11-12-16(17(13-15)24(5,6)7)20-18(21)22-19(2,3)4/h11-13H,1H2,2-10H3,(H,20,21). The van der Waals surface area contributed by atoms with Gasteiger partial charge >= 0.3 is 6.09 Å². The third-order valence-corrected chi connectivity index (χ3v) is 6.10. The first-order valence-electron chi connectivity index (χ1n) is 8.61. The Hall–Kier alpha value is -1.54. The van der Waals surface area contributed by atoms with Crippen LogP contribution in [-0.4, -0.2) is 28.1 Å². The average Bonchev–Trinajstić information content (AvgIpc) is 2.33. The van der Waals surface area contributed by atoms with Crippen LogP contribution < -0.4 is 10.5 Å². The van der Waals surface area contributed by atoms with Gasteiger partial charge in [0, 0.05) is 11.3 Å². The second kappa shape index (κ2) is 7.37. The van der Waals surface area contributed by atoms with Gasteiger partial charge in [-0.25, -0.2) is 4.79 Å². The summed E-state index contributed by atoms with van der Waals surface area (Å²) in [4.78, 5) is 12.2. The van der Waals surface area contributed by atoms with E-state index in [-0.39, 0.29) is 0 Å². The highest BCUT2D eigenvalue weighted by atomic mass is 28.4. The summed E-state index contributed by atoms with van der Waals surface area (Å²) in [5.74, 6) is 0.697. The first kappa shape index (κ1) is 21.5. The van der Waals surface area contributed by atoms with E-state index in [1.807, 2.05) is 32.9 Å². The fourth-order valence-corrected chi connectivity index (χ4v) is 4.69. The number of carbonyl (C=O) groups is 1. The van der Waals surface area contributed by atoms with E-state index in [0.29, 0.717) is 5.76 Å². The first-order chi connectivity index (χ1) is 11.1. The summed E-state index contributed by atoms with van der Waals surface area (Å²) in [5.41, 5.74) is 1.25. The van der Waals surface area contributed by atoms with Crippen molar-refractivity contribution < 1.29 is 14.0 Å². The number of anilines is 1. The topological polar surface area (TPSA) is 47.6 Å². The molecule has 0 aliphatic rings. The van der Waals surface area contributed by atoms with Crippen molar-refractivity contribution in [2.75, 3.05) is 5.32 Å². The molecular formula is C19H33NO3Si2. The number of nitrogens with one attached hydrogen (secondary N) is 1. The number of amides is 1. The highest BCUT2D eigenvalue weighted by molar-refractivity contribution is 6.89. The van der Waals surface area contributed by atoms with Gasteiger partial charge in [-0.3, -0.25) is 5.32 Å². The Morgan fingerprint density at radius 2 is 1.64 bits per heavy atom. The van der Waals surface area contributed by atoms with Crippen LogP contribution in [0.5, 0.6) is 0 Å². The van der Waals surface area contributed by atoms with E-state index in [2.05, 4.69) is 57.2 Å². The van der Waals surface area contributed by atoms with Gasteiger partial charge in [-0.15, -0.1) is 0 Å². The summed E-state index contributed by atoms with van der Waals surface area (Å²) in [5, 5.41) is 4.05. The highest BCUT2D eigenvalue weighted by Gasteiger charge is 2.25. The zero-order chi connectivity index (χ0) is 19.6. The van der Waals surface area contributed by atoms with Gasteiger partial charge in [-0.05, 0) is 57.7 Å². The minimum absolute atomic E-state index is 0.433. The Labute approximate surface area is 154 Å². The van der Waals surface area contributed by atoms with Crippen LogP contribution in [0.4, 0.5) is 10.5 Å². The molecule has 0 atom stereocenters. The molecule has 6 heteroatoms. The van der Waals surface area contributed by atoms with Crippen LogP contribution in [0.1, 0.15) is 26.3 Å². The lowest BCUT2D eigenvalue weighted by Gasteiger charge is -2.26. The van der Waals surface area contributed by atoms with Crippen molar-refractivity contribution in [1.82, 2.24) is 0 Å². The average molecular weight is 380 g/mol. The van der Waals surface area contributed by atoms with E-state index in [9.17, 15) is 4.79 Å². The summed E-state index contributed by atoms with van der Waals surface area (Å²) >= 11 is 0. The molecule has 0 unspecified atom stereocenters. The van der Waals surface area contributed by atoms with Crippen molar-refractivity contribution in [3.63, 3.8) is 0 Å². The smallest absolute Gasteiger partial charge is 0.412 e. The molecule has 0 aromatic heterocycles. The first-order valence-corrected chi connectivity index (χ1v) is 15.5. The maximum atomic E-state index is 12.2. The SMILES string of the molecule is C=C(O[Si](C)(C)C)c1ccc(NC(=O)OC(C)(C)C)c([Si](C)(C)C)c1. The van der Waals surface area contributed by atoms with Gasteiger partial charge in [0.15, 0.2) is 0 Å². The molecule has 0 spiro atoms. The molecule has 1 amide bonds. The molecule has 0 fully saturated rings. The molecule has 0 saturated heterocycles. The molecule has 1 aromatic carbocycles. The van der Waals surface area contributed by atoms with Crippen LogP contribution in [0, 0.1) is 0 Å². The van der Waals surface area contributed by atoms with Gasteiger partial charge in [-0.1, -0.05) is 32.3 Å². The molecule has 0 radical (unpaired) electrons. The molecule has 1 rings (SSSR count). The Bertz CT molecular complexity index is 650. The van der Waals surface area contributed by atoms with E-state index in [1.54, 1.807) is 0 Å². The van der Waals surface area contributed by atoms with Crippen LogP contribution in [0.25, 0.3) is 5.76 Å². The summed E-state index contributed by atoms with van der Waals surface area (Å²) in [7, 11) is -3.41. The van der Waals surface area contributed by atoms with Crippen LogP contribution in [0.2, 0.25) is 39.3 Å². The Morgan fingerprint density at radius 1 is 1.08 bits per heavy atom. The lowest BCUT2D eigenvalue weighted by Crippen LogP contribution is -2.41. The third kappa shape index (κ3) is 7.48. The molecule has 0 aliphatic carbocycles. The van der Waals surface area contributed by atoms with Gasteiger partial charge in [0.1, 0.15) is 11.4 Å². The van der Waals surface area contributed by atoms with Crippen molar-refractivity contribution in [2.24, 2.45) is 0 Å². The number of hydrogen-bond acceptors (Lipinski definition) is 3. The fourth-order valence-electron chi connectivity index (χ4n) is 2.29. The highest BCUT2D eigenvalue weighted by Crippen LogP contribution is 2.23. The second-order valence-corrected chi connectivity index (χ2v) is 18.7.